The fraction of sp³-hybridized carbons (Fsp3) is 0.350. The van der Waals surface area contributed by atoms with Crippen LogP contribution in [0.25, 0.3) is 0 Å². The van der Waals surface area contributed by atoms with Crippen LogP contribution in [0.2, 0.25) is 0 Å². The van der Waals surface area contributed by atoms with E-state index in [0.29, 0.717) is 12.8 Å². The van der Waals surface area contributed by atoms with Gasteiger partial charge in [0.25, 0.3) is 0 Å². The summed E-state index contributed by atoms with van der Waals surface area (Å²) in [5, 5.41) is 3.08. The van der Waals surface area contributed by atoms with E-state index in [1.54, 1.807) is 0 Å². The number of hydrogen-bond acceptors (Lipinski definition) is 3. The third-order valence-corrected chi connectivity index (χ3v) is 4.55. The van der Waals surface area contributed by atoms with E-state index < -0.39 is 0 Å². The molecule has 2 aromatic carbocycles. The Balaban J connectivity index is 0.00000169. The molecule has 6 heteroatoms. The van der Waals surface area contributed by atoms with Crippen LogP contribution in [0, 0.1) is 0 Å². The van der Waals surface area contributed by atoms with Gasteiger partial charge in [-0.05, 0) is 49.4 Å². The number of anilines is 3. The van der Waals surface area contributed by atoms with Gasteiger partial charge < -0.3 is 16.0 Å². The van der Waals surface area contributed by atoms with Crippen molar-refractivity contribution < 1.29 is 4.79 Å². The molecule has 26 heavy (non-hydrogen) atoms. The Morgan fingerprint density at radius 1 is 0.962 bits per heavy atom. The van der Waals surface area contributed by atoms with Crippen LogP contribution in [0.5, 0.6) is 0 Å². The van der Waals surface area contributed by atoms with Crippen LogP contribution in [-0.4, -0.2) is 19.0 Å². The zero-order valence-electron chi connectivity index (χ0n) is 14.8. The van der Waals surface area contributed by atoms with E-state index in [9.17, 15) is 4.79 Å². The lowest BCUT2D eigenvalue weighted by molar-refractivity contribution is -0.116. The van der Waals surface area contributed by atoms with Crippen LogP contribution in [0.3, 0.4) is 0 Å². The fourth-order valence-corrected chi connectivity index (χ4v) is 3.21. The number of nitrogen functional groups attached to an aromatic ring is 1. The highest BCUT2D eigenvalue weighted by atomic mass is 35.5. The highest BCUT2D eigenvalue weighted by molar-refractivity contribution is 5.94. The van der Waals surface area contributed by atoms with E-state index >= 15 is 0 Å². The Bertz CT molecular complexity index is 703. The van der Waals surface area contributed by atoms with E-state index in [2.05, 4.69) is 16.3 Å². The zero-order chi connectivity index (χ0) is 16.8. The van der Waals surface area contributed by atoms with Gasteiger partial charge in [-0.2, -0.15) is 0 Å². The van der Waals surface area contributed by atoms with E-state index in [4.69, 9.17) is 5.73 Å². The molecule has 0 saturated carbocycles. The molecular weight excluding hydrogens is 369 g/mol. The van der Waals surface area contributed by atoms with Gasteiger partial charge in [0.1, 0.15) is 0 Å². The number of halogens is 2. The van der Waals surface area contributed by atoms with Gasteiger partial charge in [0, 0.05) is 25.2 Å². The summed E-state index contributed by atoms with van der Waals surface area (Å²) in [7, 11) is 0. The molecule has 0 radical (unpaired) electrons. The predicted octanol–water partition coefficient (Wildman–Crippen LogP) is 4.67. The van der Waals surface area contributed by atoms with Gasteiger partial charge in [0.2, 0.25) is 5.91 Å². The molecule has 1 amide bonds. The summed E-state index contributed by atoms with van der Waals surface area (Å²) >= 11 is 0. The minimum Gasteiger partial charge on any atom is -0.399 e. The molecule has 0 aromatic heterocycles. The first kappa shape index (κ1) is 22.1. The van der Waals surface area contributed by atoms with Crippen molar-refractivity contribution in [1.82, 2.24) is 0 Å². The molecule has 3 N–H and O–H groups in total. The molecule has 3 rings (SSSR count). The van der Waals surface area contributed by atoms with E-state index in [-0.39, 0.29) is 30.7 Å². The number of hydrogen-bond donors (Lipinski definition) is 2. The Labute approximate surface area is 168 Å². The minimum atomic E-state index is 0. The van der Waals surface area contributed by atoms with Crippen molar-refractivity contribution in [3.8, 4) is 0 Å². The topological polar surface area (TPSA) is 58.4 Å². The average molecular weight is 396 g/mol. The van der Waals surface area contributed by atoms with Gasteiger partial charge in [-0.15, -0.1) is 24.8 Å². The molecule has 0 spiro atoms. The molecule has 1 heterocycles. The molecule has 0 bridgehead atoms. The van der Waals surface area contributed by atoms with Gasteiger partial charge in [-0.3, -0.25) is 4.79 Å². The number of piperidine rings is 1. The van der Waals surface area contributed by atoms with Crippen LogP contribution < -0.4 is 16.0 Å². The maximum atomic E-state index is 12.4. The lowest BCUT2D eigenvalue weighted by Gasteiger charge is -2.30. The molecule has 142 valence electrons. The molecule has 1 aliphatic heterocycles. The molecule has 2 aromatic rings. The number of amides is 1. The number of para-hydroxylation sites is 3. The lowest BCUT2D eigenvalue weighted by Crippen LogP contribution is -2.30. The summed E-state index contributed by atoms with van der Waals surface area (Å²) < 4.78 is 0. The maximum absolute atomic E-state index is 12.4. The van der Waals surface area contributed by atoms with Crippen LogP contribution in [0.4, 0.5) is 17.1 Å². The van der Waals surface area contributed by atoms with Gasteiger partial charge in [-0.1, -0.05) is 30.3 Å². The number of nitrogens with zero attached hydrogens (tertiary/aromatic N) is 1. The number of carbonyl (C=O) groups is 1. The quantitative estimate of drug-likeness (QED) is 0.722. The van der Waals surface area contributed by atoms with Crippen molar-refractivity contribution >= 4 is 47.8 Å². The zero-order valence-corrected chi connectivity index (χ0v) is 16.5. The number of aryl methyl sites for hydroxylation is 1. The summed E-state index contributed by atoms with van der Waals surface area (Å²) in [6.07, 6.45) is 4.82. The van der Waals surface area contributed by atoms with Crippen molar-refractivity contribution in [1.29, 1.82) is 0 Å². The Kier molecular flexibility index (Phi) is 9.31. The van der Waals surface area contributed by atoms with Gasteiger partial charge in [0.15, 0.2) is 0 Å². The van der Waals surface area contributed by atoms with Crippen molar-refractivity contribution in [3.05, 3.63) is 54.1 Å². The van der Waals surface area contributed by atoms with Crippen LogP contribution in [0.15, 0.2) is 48.5 Å². The molecule has 0 unspecified atom stereocenters. The second-order valence-electron chi connectivity index (χ2n) is 6.31. The highest BCUT2D eigenvalue weighted by Crippen LogP contribution is 2.28. The normalized spacial score (nSPS) is 13.3. The number of rotatable bonds is 5. The fourth-order valence-electron chi connectivity index (χ4n) is 3.21. The molecule has 0 aliphatic carbocycles. The third kappa shape index (κ3) is 5.82. The second kappa shape index (κ2) is 10.9. The third-order valence-electron chi connectivity index (χ3n) is 4.55. The Morgan fingerprint density at radius 2 is 1.62 bits per heavy atom. The largest absolute Gasteiger partial charge is 0.399 e. The number of nitrogens with one attached hydrogen (secondary N) is 1. The van der Waals surface area contributed by atoms with Crippen LogP contribution in [-0.2, 0) is 11.2 Å². The first-order valence-corrected chi connectivity index (χ1v) is 8.71. The smallest absolute Gasteiger partial charge is 0.224 e. The van der Waals surface area contributed by atoms with Crippen molar-refractivity contribution in [2.45, 2.75) is 32.1 Å². The summed E-state index contributed by atoms with van der Waals surface area (Å²) in [4.78, 5) is 14.7. The molecular formula is C20H27Cl2N3O. The van der Waals surface area contributed by atoms with Crippen LogP contribution in [0.1, 0.15) is 31.2 Å². The number of benzene rings is 2. The summed E-state index contributed by atoms with van der Waals surface area (Å²) in [5.74, 6) is 0.0303. The summed E-state index contributed by atoms with van der Waals surface area (Å²) in [5.41, 5.74) is 9.75. The molecule has 1 saturated heterocycles. The standard InChI is InChI=1S/C20H25N3O.2ClH/c21-17-9-3-2-8-16(17)12-13-20(24)22-18-10-4-5-11-19(18)23-14-6-1-7-15-23;;/h2-5,8-11H,1,6-7,12-15,21H2,(H,22,24);2*1H. The van der Waals surface area contributed by atoms with Gasteiger partial charge in [-0.25, -0.2) is 0 Å². The Hall–Kier alpha value is -1.91. The number of carbonyl (C=O) groups excluding carboxylic acids is 1. The minimum absolute atomic E-state index is 0. The highest BCUT2D eigenvalue weighted by Gasteiger charge is 2.15. The first-order chi connectivity index (χ1) is 11.7. The SMILES string of the molecule is Cl.Cl.Nc1ccccc1CCC(=O)Nc1ccccc1N1CCCCC1. The Morgan fingerprint density at radius 3 is 2.35 bits per heavy atom. The lowest BCUT2D eigenvalue weighted by atomic mass is 10.1. The van der Waals surface area contributed by atoms with Crippen LogP contribution >= 0.6 is 24.8 Å². The van der Waals surface area contributed by atoms with Crippen molar-refractivity contribution in [2.24, 2.45) is 0 Å². The molecule has 1 fully saturated rings. The number of nitrogens with two attached hydrogens (primary N) is 1. The molecule has 0 atom stereocenters. The van der Waals surface area contributed by atoms with E-state index in [1.165, 1.54) is 19.3 Å². The van der Waals surface area contributed by atoms with Gasteiger partial charge in [0.05, 0.1) is 11.4 Å². The molecule has 1 aliphatic rings. The molecule has 4 nitrogen and oxygen atoms in total. The first-order valence-electron chi connectivity index (χ1n) is 8.71. The average Bonchev–Trinajstić information content (AvgIpc) is 2.62. The monoisotopic (exact) mass is 395 g/mol. The van der Waals surface area contributed by atoms with Gasteiger partial charge >= 0.3 is 0 Å². The van der Waals surface area contributed by atoms with E-state index in [0.717, 1.165) is 35.7 Å². The second-order valence-corrected chi connectivity index (χ2v) is 6.31. The summed E-state index contributed by atoms with van der Waals surface area (Å²) in [6.45, 7) is 2.13. The maximum Gasteiger partial charge on any atom is 0.224 e. The van der Waals surface area contributed by atoms with E-state index in [1.807, 2.05) is 42.5 Å². The van der Waals surface area contributed by atoms with Crippen molar-refractivity contribution in [2.75, 3.05) is 29.0 Å². The van der Waals surface area contributed by atoms with Crippen molar-refractivity contribution in [3.63, 3.8) is 0 Å². The summed E-state index contributed by atoms with van der Waals surface area (Å²) in [6, 6.07) is 15.8. The predicted molar refractivity (Wildman–Crippen MR) is 115 cm³/mol.